The van der Waals surface area contributed by atoms with E-state index in [0.717, 1.165) is 53.5 Å². The van der Waals surface area contributed by atoms with Gasteiger partial charge in [-0.15, -0.1) is 0 Å². The molecule has 2 aliphatic rings. The fourth-order valence-corrected chi connectivity index (χ4v) is 6.41. The Morgan fingerprint density at radius 3 is 2.76 bits per heavy atom. The van der Waals surface area contributed by atoms with Gasteiger partial charge in [-0.1, -0.05) is 35.9 Å². The Bertz CT molecular complexity index is 1290. The van der Waals surface area contributed by atoms with E-state index < -0.39 is 0 Å². The summed E-state index contributed by atoms with van der Waals surface area (Å²) in [5.41, 5.74) is 2.07. The molecule has 3 aromatic rings. The topological polar surface area (TPSA) is 121 Å². The number of aromatic nitrogens is 3. The van der Waals surface area contributed by atoms with E-state index in [9.17, 15) is 9.59 Å². The lowest BCUT2D eigenvalue weighted by molar-refractivity contribution is 0.0528. The lowest BCUT2D eigenvalue weighted by Gasteiger charge is -2.41. The molecule has 12 heteroatoms. The highest BCUT2D eigenvalue weighted by atomic mass is 35.5. The predicted octanol–water partition coefficient (Wildman–Crippen LogP) is 3.56. The number of aromatic amines is 1. The maximum atomic E-state index is 13.1. The first-order valence-electron chi connectivity index (χ1n) is 13.2. The molecule has 2 aromatic heterocycles. The molecule has 0 spiro atoms. The number of rotatable bonds is 8. The monoisotopic (exact) mass is 560 g/mol. The zero-order valence-electron chi connectivity index (χ0n) is 21.6. The average Bonchev–Trinajstić information content (AvgIpc) is 3.53. The van der Waals surface area contributed by atoms with Crippen LogP contribution >= 0.6 is 22.9 Å². The second-order valence-corrected chi connectivity index (χ2v) is 10.9. The SMILES string of the molecule is CCOC(=O)c1cccc2nc(N3CC[C@@H](NC(=O)c4nc(Cl)c(CC)[nH]4)[C@@H](NC4CCOCC4)C3)sc12. The van der Waals surface area contributed by atoms with Crippen molar-refractivity contribution in [1.29, 1.82) is 0 Å². The van der Waals surface area contributed by atoms with E-state index >= 15 is 0 Å². The number of hydrogen-bond acceptors (Lipinski definition) is 9. The van der Waals surface area contributed by atoms with Gasteiger partial charge in [-0.2, -0.15) is 0 Å². The van der Waals surface area contributed by atoms with E-state index in [4.69, 9.17) is 26.1 Å². The van der Waals surface area contributed by atoms with Gasteiger partial charge in [0.05, 0.1) is 28.1 Å². The standard InChI is InChI=1S/C26H33ClN6O4S/c1-3-17-22(27)32-23(29-17)24(34)30-18-8-11-33(14-20(18)28-15-9-12-36-13-10-15)26-31-19-7-5-6-16(21(19)38-26)25(35)37-4-2/h5-7,15,18,20,28H,3-4,8-14H2,1-2H3,(H,29,32)(H,30,34)/t18-,20+/m1/s1. The number of hydrogen-bond donors (Lipinski definition) is 3. The van der Waals surface area contributed by atoms with Gasteiger partial charge in [0.15, 0.2) is 16.1 Å². The average molecular weight is 561 g/mol. The molecule has 0 bridgehead atoms. The number of ether oxygens (including phenoxy) is 2. The number of nitrogens with zero attached hydrogens (tertiary/aromatic N) is 3. The third-order valence-electron chi connectivity index (χ3n) is 7.07. The number of carbonyl (C=O) groups excluding carboxylic acids is 2. The Labute approximate surface area is 230 Å². The van der Waals surface area contributed by atoms with Crippen LogP contribution in [-0.4, -0.2) is 77.9 Å². The van der Waals surface area contributed by atoms with Gasteiger partial charge in [0, 0.05) is 44.4 Å². The molecule has 0 radical (unpaired) electrons. The maximum Gasteiger partial charge on any atom is 0.339 e. The van der Waals surface area contributed by atoms with Gasteiger partial charge in [0.1, 0.15) is 0 Å². The predicted molar refractivity (Wildman–Crippen MR) is 147 cm³/mol. The summed E-state index contributed by atoms with van der Waals surface area (Å²) in [4.78, 5) is 39.9. The Kier molecular flexibility index (Phi) is 8.47. The summed E-state index contributed by atoms with van der Waals surface area (Å²) in [5, 5.41) is 8.16. The summed E-state index contributed by atoms with van der Waals surface area (Å²) in [6, 6.07) is 5.74. The minimum Gasteiger partial charge on any atom is -0.462 e. The second kappa shape index (κ2) is 12.0. The number of anilines is 1. The molecule has 5 rings (SSSR count). The number of amides is 1. The second-order valence-electron chi connectivity index (χ2n) is 9.55. The van der Waals surface area contributed by atoms with Gasteiger partial charge >= 0.3 is 5.97 Å². The molecule has 38 heavy (non-hydrogen) atoms. The van der Waals surface area contributed by atoms with Crippen LogP contribution in [0.4, 0.5) is 5.13 Å². The maximum absolute atomic E-state index is 13.1. The summed E-state index contributed by atoms with van der Waals surface area (Å²) in [6.07, 6.45) is 3.25. The van der Waals surface area contributed by atoms with E-state index in [-0.39, 0.29) is 29.8 Å². The summed E-state index contributed by atoms with van der Waals surface area (Å²) >= 11 is 7.67. The fourth-order valence-electron chi connectivity index (χ4n) is 5.04. The van der Waals surface area contributed by atoms with Crippen LogP contribution in [-0.2, 0) is 15.9 Å². The zero-order chi connectivity index (χ0) is 26.6. The molecule has 2 fully saturated rings. The van der Waals surface area contributed by atoms with Crippen LogP contribution in [0.5, 0.6) is 0 Å². The number of piperidine rings is 1. The summed E-state index contributed by atoms with van der Waals surface area (Å²) in [7, 11) is 0. The van der Waals surface area contributed by atoms with Crippen molar-refractivity contribution < 1.29 is 19.1 Å². The molecule has 1 amide bonds. The van der Waals surface area contributed by atoms with Crippen LogP contribution < -0.4 is 15.5 Å². The summed E-state index contributed by atoms with van der Waals surface area (Å²) in [5.74, 6) is -0.363. The number of fused-ring (bicyclic) bond motifs is 1. The van der Waals surface area contributed by atoms with Gasteiger partial charge < -0.3 is 30.0 Å². The lowest BCUT2D eigenvalue weighted by atomic mass is 9.97. The Morgan fingerprint density at radius 2 is 2.03 bits per heavy atom. The molecule has 0 aliphatic carbocycles. The van der Waals surface area contributed by atoms with Gasteiger partial charge in [-0.05, 0) is 44.7 Å². The number of thiazole rings is 1. The van der Waals surface area contributed by atoms with Crippen molar-refractivity contribution in [2.45, 2.75) is 57.7 Å². The van der Waals surface area contributed by atoms with Crippen LogP contribution in [0, 0.1) is 0 Å². The van der Waals surface area contributed by atoms with Gasteiger partial charge in [0.2, 0.25) is 0 Å². The molecule has 3 N–H and O–H groups in total. The molecular weight excluding hydrogens is 528 g/mol. The smallest absolute Gasteiger partial charge is 0.339 e. The Hall–Kier alpha value is -2.73. The van der Waals surface area contributed by atoms with Crippen LogP contribution in [0.1, 0.15) is 59.8 Å². The minimum absolute atomic E-state index is 0.0107. The molecule has 1 aromatic carbocycles. The first-order valence-corrected chi connectivity index (χ1v) is 14.4. The first-order chi connectivity index (χ1) is 18.5. The van der Waals surface area contributed by atoms with Crippen LogP contribution in [0.15, 0.2) is 18.2 Å². The van der Waals surface area contributed by atoms with Crippen molar-refractivity contribution in [2.75, 3.05) is 37.8 Å². The fraction of sp³-hybridized carbons (Fsp3) is 0.538. The Morgan fingerprint density at radius 1 is 1.21 bits per heavy atom. The number of nitrogens with one attached hydrogen (secondary N) is 3. The van der Waals surface area contributed by atoms with Crippen molar-refractivity contribution in [3.8, 4) is 0 Å². The van der Waals surface area contributed by atoms with Crippen molar-refractivity contribution in [1.82, 2.24) is 25.6 Å². The molecule has 2 atom stereocenters. The molecule has 2 aliphatic heterocycles. The van der Waals surface area contributed by atoms with Crippen LogP contribution in [0.3, 0.4) is 0 Å². The van der Waals surface area contributed by atoms with E-state index in [1.807, 2.05) is 19.1 Å². The molecule has 0 unspecified atom stereocenters. The number of aryl methyl sites for hydroxylation is 1. The third-order valence-corrected chi connectivity index (χ3v) is 8.54. The van der Waals surface area contributed by atoms with Gasteiger partial charge in [0.25, 0.3) is 5.91 Å². The summed E-state index contributed by atoms with van der Waals surface area (Å²) < 4.78 is 11.6. The van der Waals surface area contributed by atoms with Crippen LogP contribution in [0.25, 0.3) is 10.2 Å². The number of esters is 1. The third kappa shape index (κ3) is 5.80. The van der Waals surface area contributed by atoms with Crippen molar-refractivity contribution in [3.63, 3.8) is 0 Å². The van der Waals surface area contributed by atoms with E-state index in [1.54, 1.807) is 13.0 Å². The highest BCUT2D eigenvalue weighted by Gasteiger charge is 2.34. The molecule has 2 saturated heterocycles. The van der Waals surface area contributed by atoms with Gasteiger partial charge in [-0.25, -0.2) is 14.8 Å². The molecule has 10 nitrogen and oxygen atoms in total. The van der Waals surface area contributed by atoms with Crippen LogP contribution in [0.2, 0.25) is 5.15 Å². The number of imidazole rings is 1. The lowest BCUT2D eigenvalue weighted by Crippen LogP contribution is -2.62. The first kappa shape index (κ1) is 26.9. The molecule has 0 saturated carbocycles. The normalized spacial score (nSPS) is 20.6. The van der Waals surface area contributed by atoms with Crippen molar-refractivity contribution in [3.05, 3.63) is 40.4 Å². The molecule has 204 valence electrons. The summed E-state index contributed by atoms with van der Waals surface area (Å²) in [6.45, 7) is 6.91. The number of H-pyrrole nitrogens is 1. The van der Waals surface area contributed by atoms with E-state index in [1.165, 1.54) is 11.3 Å². The zero-order valence-corrected chi connectivity index (χ0v) is 23.2. The van der Waals surface area contributed by atoms with Crippen molar-refractivity contribution in [2.24, 2.45) is 0 Å². The highest BCUT2D eigenvalue weighted by Crippen LogP contribution is 2.33. The van der Waals surface area contributed by atoms with Crippen molar-refractivity contribution >= 4 is 50.2 Å². The largest absolute Gasteiger partial charge is 0.462 e. The minimum atomic E-state index is -0.335. The number of carbonyl (C=O) groups is 2. The Balaban J connectivity index is 1.35. The quantitative estimate of drug-likeness (QED) is 0.358. The van der Waals surface area contributed by atoms with E-state index in [2.05, 4.69) is 25.5 Å². The number of benzene rings is 1. The number of halogens is 1. The highest BCUT2D eigenvalue weighted by molar-refractivity contribution is 7.22. The molecule has 4 heterocycles. The van der Waals surface area contributed by atoms with Gasteiger partial charge in [-0.3, -0.25) is 4.79 Å². The van der Waals surface area contributed by atoms with E-state index in [0.29, 0.717) is 42.9 Å². The molecular formula is C26H33ClN6O4S.